The van der Waals surface area contributed by atoms with Gasteiger partial charge in [0.25, 0.3) is 11.5 Å². The number of hydrogen-bond donors (Lipinski definition) is 2. The van der Waals surface area contributed by atoms with E-state index in [4.69, 9.17) is 11.6 Å². The molecule has 2 heterocycles. The zero-order valence-electron chi connectivity index (χ0n) is 15.2. The fraction of sp³-hybridized carbons (Fsp3) is 0.250. The number of carbonyl (C=O) groups excluding carboxylic acids is 1. The predicted octanol–water partition coefficient (Wildman–Crippen LogP) is 3.35. The number of nitrogens with one attached hydrogen (secondary N) is 2. The molecule has 2 N–H and O–H groups in total. The van der Waals surface area contributed by atoms with E-state index in [0.29, 0.717) is 40.9 Å². The van der Waals surface area contributed by atoms with Crippen molar-refractivity contribution < 1.29 is 4.79 Å². The van der Waals surface area contributed by atoms with Crippen molar-refractivity contribution in [2.45, 2.75) is 20.4 Å². The van der Waals surface area contributed by atoms with Gasteiger partial charge in [0.05, 0.1) is 22.8 Å². The molecule has 0 radical (unpaired) electrons. The van der Waals surface area contributed by atoms with Crippen LogP contribution < -0.4 is 16.2 Å². The van der Waals surface area contributed by atoms with Gasteiger partial charge in [0, 0.05) is 24.5 Å². The second kappa shape index (κ2) is 8.22. The largest absolute Gasteiger partial charge is 0.379 e. The van der Waals surface area contributed by atoms with Gasteiger partial charge in [-0.25, -0.2) is 4.98 Å². The van der Waals surface area contributed by atoms with Crippen molar-refractivity contribution in [1.29, 1.82) is 0 Å². The van der Waals surface area contributed by atoms with Gasteiger partial charge in [0.1, 0.15) is 5.65 Å². The summed E-state index contributed by atoms with van der Waals surface area (Å²) >= 11 is 6.25. The van der Waals surface area contributed by atoms with Gasteiger partial charge < -0.3 is 10.6 Å². The number of aromatic nitrogens is 2. The number of rotatable bonds is 6. The molecular weight excluding hydrogens is 364 g/mol. The van der Waals surface area contributed by atoms with E-state index in [9.17, 15) is 9.59 Å². The molecule has 140 valence electrons. The van der Waals surface area contributed by atoms with Gasteiger partial charge in [-0.15, -0.1) is 0 Å². The third-order valence-electron chi connectivity index (χ3n) is 3.98. The number of carbonyl (C=O) groups is 1. The Balaban J connectivity index is 1.71. The summed E-state index contributed by atoms with van der Waals surface area (Å²) in [6.07, 6.45) is 1.69. The van der Waals surface area contributed by atoms with Gasteiger partial charge >= 0.3 is 0 Å². The van der Waals surface area contributed by atoms with Gasteiger partial charge in [-0.05, 0) is 36.2 Å². The van der Waals surface area contributed by atoms with Crippen LogP contribution in [0.2, 0.25) is 5.02 Å². The zero-order chi connectivity index (χ0) is 19.4. The standard InChI is InChI=1S/C20H21ClN4O2/c1-13(2)11-23-20(27)16-7-6-14(9-17(16)21)22-12-15-10-19(26)25-8-4-3-5-18(25)24-15/h3-10,13,22H,11-12H2,1-2H3,(H,23,27). The van der Waals surface area contributed by atoms with Gasteiger partial charge in [-0.1, -0.05) is 31.5 Å². The Hall–Kier alpha value is -2.86. The van der Waals surface area contributed by atoms with Crippen LogP contribution in [-0.2, 0) is 6.54 Å². The molecule has 0 spiro atoms. The third-order valence-corrected chi connectivity index (χ3v) is 4.29. The highest BCUT2D eigenvalue weighted by Gasteiger charge is 2.11. The van der Waals surface area contributed by atoms with E-state index in [2.05, 4.69) is 15.6 Å². The molecule has 3 aromatic rings. The Kier molecular flexibility index (Phi) is 5.76. The molecule has 0 aliphatic rings. The van der Waals surface area contributed by atoms with Crippen molar-refractivity contribution >= 4 is 28.8 Å². The lowest BCUT2D eigenvalue weighted by molar-refractivity contribution is 0.0949. The second-order valence-electron chi connectivity index (χ2n) is 6.67. The summed E-state index contributed by atoms with van der Waals surface area (Å²) in [5.41, 5.74) is 2.27. The molecule has 6 nitrogen and oxygen atoms in total. The van der Waals surface area contributed by atoms with Crippen molar-refractivity contribution in [1.82, 2.24) is 14.7 Å². The van der Waals surface area contributed by atoms with Crippen molar-refractivity contribution in [2.24, 2.45) is 5.92 Å². The van der Waals surface area contributed by atoms with Crippen molar-refractivity contribution in [2.75, 3.05) is 11.9 Å². The van der Waals surface area contributed by atoms with E-state index in [0.717, 1.165) is 5.69 Å². The van der Waals surface area contributed by atoms with Crippen molar-refractivity contribution in [3.63, 3.8) is 0 Å². The third kappa shape index (κ3) is 4.65. The van der Waals surface area contributed by atoms with Crippen LogP contribution in [0.5, 0.6) is 0 Å². The predicted molar refractivity (Wildman–Crippen MR) is 107 cm³/mol. The quantitative estimate of drug-likeness (QED) is 0.683. The van der Waals surface area contributed by atoms with Crippen LogP contribution in [0.3, 0.4) is 0 Å². The molecule has 2 aromatic heterocycles. The van der Waals surface area contributed by atoms with E-state index < -0.39 is 0 Å². The van der Waals surface area contributed by atoms with Gasteiger partial charge in [-0.2, -0.15) is 0 Å². The lowest BCUT2D eigenvalue weighted by Gasteiger charge is -2.11. The number of amides is 1. The van der Waals surface area contributed by atoms with Crippen LogP contribution in [-0.4, -0.2) is 21.8 Å². The molecule has 0 aliphatic heterocycles. The van der Waals surface area contributed by atoms with Crippen LogP contribution in [0.4, 0.5) is 5.69 Å². The van der Waals surface area contributed by atoms with Crippen molar-refractivity contribution in [3.8, 4) is 0 Å². The molecule has 0 fully saturated rings. The molecule has 1 aromatic carbocycles. The average molecular weight is 385 g/mol. The summed E-state index contributed by atoms with van der Waals surface area (Å²) in [6, 6.07) is 12.1. The van der Waals surface area contributed by atoms with Crippen LogP contribution in [0.1, 0.15) is 29.9 Å². The van der Waals surface area contributed by atoms with Gasteiger partial charge in [-0.3, -0.25) is 14.0 Å². The van der Waals surface area contributed by atoms with E-state index in [1.165, 1.54) is 10.5 Å². The number of nitrogens with zero attached hydrogens (tertiary/aromatic N) is 2. The Morgan fingerprint density at radius 1 is 1.22 bits per heavy atom. The fourth-order valence-corrected chi connectivity index (χ4v) is 2.85. The summed E-state index contributed by atoms with van der Waals surface area (Å²) in [6.45, 7) is 5.03. The molecule has 0 saturated carbocycles. The van der Waals surface area contributed by atoms with Gasteiger partial charge in [0.2, 0.25) is 0 Å². The minimum atomic E-state index is -0.190. The molecule has 0 unspecified atom stereocenters. The summed E-state index contributed by atoms with van der Waals surface area (Å²) in [4.78, 5) is 28.7. The number of anilines is 1. The first-order valence-electron chi connectivity index (χ1n) is 8.73. The Bertz CT molecular complexity index is 1030. The summed E-state index contributed by atoms with van der Waals surface area (Å²) < 4.78 is 1.49. The highest BCUT2D eigenvalue weighted by atomic mass is 35.5. The number of halogens is 1. The Labute approximate surface area is 162 Å². The number of hydrogen-bond acceptors (Lipinski definition) is 4. The molecule has 27 heavy (non-hydrogen) atoms. The van der Waals surface area contributed by atoms with Crippen LogP contribution >= 0.6 is 11.6 Å². The molecule has 7 heteroatoms. The topological polar surface area (TPSA) is 75.5 Å². The maximum absolute atomic E-state index is 12.2. The summed E-state index contributed by atoms with van der Waals surface area (Å²) in [7, 11) is 0. The van der Waals surface area contributed by atoms with E-state index >= 15 is 0 Å². The van der Waals surface area contributed by atoms with Gasteiger partial charge in [0.15, 0.2) is 0 Å². The maximum atomic E-state index is 12.2. The summed E-state index contributed by atoms with van der Waals surface area (Å²) in [5, 5.41) is 6.40. The fourth-order valence-electron chi connectivity index (χ4n) is 2.59. The van der Waals surface area contributed by atoms with Crippen LogP contribution in [0.15, 0.2) is 53.5 Å². The Morgan fingerprint density at radius 2 is 2.04 bits per heavy atom. The van der Waals surface area contributed by atoms with E-state index in [-0.39, 0.29) is 11.5 Å². The lowest BCUT2D eigenvalue weighted by Crippen LogP contribution is -2.27. The maximum Gasteiger partial charge on any atom is 0.258 e. The first kappa shape index (κ1) is 18.9. The second-order valence-corrected chi connectivity index (χ2v) is 7.07. The normalized spacial score (nSPS) is 11.0. The van der Waals surface area contributed by atoms with Crippen molar-refractivity contribution in [3.05, 3.63) is 75.3 Å². The first-order valence-corrected chi connectivity index (χ1v) is 9.11. The number of benzene rings is 1. The molecule has 0 saturated heterocycles. The number of fused-ring (bicyclic) bond motifs is 1. The zero-order valence-corrected chi connectivity index (χ0v) is 16.0. The van der Waals surface area contributed by atoms with E-state index in [1.807, 2.05) is 19.9 Å². The van der Waals surface area contributed by atoms with E-state index in [1.54, 1.807) is 36.5 Å². The molecule has 0 aliphatic carbocycles. The molecule has 0 bridgehead atoms. The minimum Gasteiger partial charge on any atom is -0.379 e. The number of pyridine rings is 1. The average Bonchev–Trinajstić information content (AvgIpc) is 2.64. The molecular formula is C20H21ClN4O2. The lowest BCUT2D eigenvalue weighted by atomic mass is 10.1. The molecule has 0 atom stereocenters. The highest BCUT2D eigenvalue weighted by Crippen LogP contribution is 2.21. The highest BCUT2D eigenvalue weighted by molar-refractivity contribution is 6.34. The first-order chi connectivity index (χ1) is 12.9. The SMILES string of the molecule is CC(C)CNC(=O)c1ccc(NCc2cc(=O)n3ccccc3n2)cc1Cl. The monoisotopic (exact) mass is 384 g/mol. The smallest absolute Gasteiger partial charge is 0.258 e. The van der Waals surface area contributed by atoms with Crippen LogP contribution in [0, 0.1) is 5.92 Å². The Morgan fingerprint density at radius 3 is 2.78 bits per heavy atom. The summed E-state index contributed by atoms with van der Waals surface area (Å²) in [5.74, 6) is 0.177. The van der Waals surface area contributed by atoms with Crippen LogP contribution in [0.25, 0.3) is 5.65 Å². The molecule has 1 amide bonds. The minimum absolute atomic E-state index is 0.132. The molecule has 3 rings (SSSR count).